The molecule has 0 spiro atoms. The molecule has 0 saturated carbocycles. The van der Waals surface area contributed by atoms with Crippen LogP contribution in [0, 0.1) is 0 Å². The highest BCUT2D eigenvalue weighted by molar-refractivity contribution is 8.15. The standard InChI is InChI=1S/C3H9FO5SSi/c1-7-11(8-2,9-3)10(4,5)6/h1-3H3. The Morgan fingerprint density at radius 2 is 1.36 bits per heavy atom. The van der Waals surface area contributed by atoms with Crippen LogP contribution in [-0.4, -0.2) is 37.7 Å². The van der Waals surface area contributed by atoms with Gasteiger partial charge in [0, 0.05) is 21.3 Å². The van der Waals surface area contributed by atoms with Gasteiger partial charge in [-0.15, -0.1) is 3.89 Å². The Morgan fingerprint density at radius 1 is 1.09 bits per heavy atom. The van der Waals surface area contributed by atoms with Crippen molar-refractivity contribution >= 4 is 17.6 Å². The summed E-state index contributed by atoms with van der Waals surface area (Å²) in [6, 6.07) is 0. The average molecular weight is 204 g/mol. The largest absolute Gasteiger partial charge is 0.672 e. The van der Waals surface area contributed by atoms with Crippen LogP contribution in [0.2, 0.25) is 0 Å². The molecule has 0 aliphatic heterocycles. The van der Waals surface area contributed by atoms with Crippen molar-refractivity contribution in [1.29, 1.82) is 0 Å². The molecule has 0 aromatic heterocycles. The highest BCUT2D eigenvalue weighted by atomic mass is 32.4. The number of halogens is 1. The van der Waals surface area contributed by atoms with Gasteiger partial charge in [-0.3, -0.25) is 0 Å². The van der Waals surface area contributed by atoms with Crippen molar-refractivity contribution in [2.75, 3.05) is 21.3 Å². The Morgan fingerprint density at radius 3 is 1.36 bits per heavy atom. The van der Waals surface area contributed by atoms with Crippen molar-refractivity contribution in [3.05, 3.63) is 0 Å². The normalized spacial score (nSPS) is 13.5. The van der Waals surface area contributed by atoms with Crippen molar-refractivity contribution in [2.24, 2.45) is 0 Å². The van der Waals surface area contributed by atoms with Crippen LogP contribution in [0.15, 0.2) is 0 Å². The molecule has 8 heteroatoms. The van der Waals surface area contributed by atoms with Crippen molar-refractivity contribution in [2.45, 2.75) is 0 Å². The van der Waals surface area contributed by atoms with Gasteiger partial charge in [-0.25, -0.2) is 0 Å². The third-order valence-electron chi connectivity index (χ3n) is 1.05. The van der Waals surface area contributed by atoms with Gasteiger partial charge in [0.2, 0.25) is 0 Å². The SMILES string of the molecule is CO[Si](OC)(OC)S(=O)(=O)F. The second-order valence-electron chi connectivity index (χ2n) is 1.55. The van der Waals surface area contributed by atoms with Gasteiger partial charge < -0.3 is 13.3 Å². The molecule has 0 aromatic rings. The summed E-state index contributed by atoms with van der Waals surface area (Å²) in [5.74, 6) is 0. The third kappa shape index (κ3) is 1.96. The summed E-state index contributed by atoms with van der Waals surface area (Å²) in [5, 5.41) is 0. The van der Waals surface area contributed by atoms with Crippen molar-refractivity contribution in [3.8, 4) is 0 Å². The molecule has 0 N–H and O–H groups in total. The second-order valence-corrected chi connectivity index (χ2v) is 7.61. The molecule has 0 unspecified atom stereocenters. The Bertz CT molecular complexity index is 202. The van der Waals surface area contributed by atoms with Crippen LogP contribution in [0.5, 0.6) is 0 Å². The molecule has 0 aliphatic rings. The van der Waals surface area contributed by atoms with E-state index in [1.54, 1.807) is 0 Å². The zero-order valence-electron chi connectivity index (χ0n) is 6.33. The van der Waals surface area contributed by atoms with E-state index in [0.29, 0.717) is 0 Å². The zero-order valence-corrected chi connectivity index (χ0v) is 8.14. The van der Waals surface area contributed by atoms with E-state index in [4.69, 9.17) is 0 Å². The van der Waals surface area contributed by atoms with Gasteiger partial charge in [0.1, 0.15) is 0 Å². The molecule has 0 heterocycles. The minimum Gasteiger partial charge on any atom is -0.364 e. The molecule has 0 radical (unpaired) electrons. The first-order valence-electron chi connectivity index (χ1n) is 2.53. The van der Waals surface area contributed by atoms with Gasteiger partial charge in [-0.05, 0) is 0 Å². The van der Waals surface area contributed by atoms with E-state index < -0.39 is 17.6 Å². The Hall–Kier alpha value is -0.0231. The molecule has 0 aliphatic carbocycles. The molecule has 68 valence electrons. The second kappa shape index (κ2) is 3.58. The molecule has 0 saturated heterocycles. The maximum atomic E-state index is 12.4. The van der Waals surface area contributed by atoms with E-state index in [1.165, 1.54) is 0 Å². The Balaban J connectivity index is 4.86. The average Bonchev–Trinajstić information content (AvgIpc) is 1.90. The highest BCUT2D eigenvalue weighted by Crippen LogP contribution is 2.15. The fraction of sp³-hybridized carbons (Fsp3) is 1.00. The van der Waals surface area contributed by atoms with Crippen LogP contribution in [0.25, 0.3) is 0 Å². The molecular weight excluding hydrogens is 195 g/mol. The monoisotopic (exact) mass is 204 g/mol. The van der Waals surface area contributed by atoms with Gasteiger partial charge in [-0.1, -0.05) is 0 Å². The lowest BCUT2D eigenvalue weighted by atomic mass is 11.8. The summed E-state index contributed by atoms with van der Waals surface area (Å²) in [4.78, 5) is 0. The van der Waals surface area contributed by atoms with Crippen LogP contribution in [0.3, 0.4) is 0 Å². The van der Waals surface area contributed by atoms with Gasteiger partial charge >= 0.3 is 17.6 Å². The third-order valence-corrected chi connectivity index (χ3v) is 6.44. The lowest BCUT2D eigenvalue weighted by Crippen LogP contribution is -2.49. The van der Waals surface area contributed by atoms with Crippen LogP contribution in [-0.2, 0) is 23.0 Å². The predicted molar refractivity (Wildman–Crippen MR) is 36.8 cm³/mol. The van der Waals surface area contributed by atoms with Gasteiger partial charge in [0.05, 0.1) is 0 Å². The minimum absolute atomic E-state index is 1.01. The quantitative estimate of drug-likeness (QED) is 0.463. The molecule has 0 atom stereocenters. The van der Waals surface area contributed by atoms with E-state index in [-0.39, 0.29) is 0 Å². The summed E-state index contributed by atoms with van der Waals surface area (Å²) < 4.78 is 46.1. The van der Waals surface area contributed by atoms with E-state index >= 15 is 0 Å². The maximum Gasteiger partial charge on any atom is 0.672 e. The molecular formula is C3H9FO5SSi. The first kappa shape index (κ1) is 11.0. The van der Waals surface area contributed by atoms with Crippen LogP contribution >= 0.6 is 0 Å². The molecule has 0 amide bonds. The van der Waals surface area contributed by atoms with E-state index in [1.807, 2.05) is 0 Å². The molecule has 0 fully saturated rings. The number of hydrogen-bond acceptors (Lipinski definition) is 5. The maximum absolute atomic E-state index is 12.4. The molecule has 5 nitrogen and oxygen atoms in total. The molecule has 0 aromatic carbocycles. The van der Waals surface area contributed by atoms with Gasteiger partial charge in [0.25, 0.3) is 0 Å². The lowest BCUT2D eigenvalue weighted by molar-refractivity contribution is 0.146. The summed E-state index contributed by atoms with van der Waals surface area (Å²) >= 11 is 0. The number of hydrogen-bond donors (Lipinski definition) is 0. The Kier molecular flexibility index (Phi) is 3.58. The van der Waals surface area contributed by atoms with Crippen molar-refractivity contribution in [3.63, 3.8) is 0 Å². The summed E-state index contributed by atoms with van der Waals surface area (Å²) in [6.07, 6.45) is 0. The van der Waals surface area contributed by atoms with Crippen molar-refractivity contribution < 1.29 is 25.6 Å². The topological polar surface area (TPSA) is 61.8 Å². The summed E-state index contributed by atoms with van der Waals surface area (Å²) in [7, 11) is -5.99. The number of rotatable bonds is 4. The smallest absolute Gasteiger partial charge is 0.364 e. The zero-order chi connectivity index (χ0) is 9.12. The van der Waals surface area contributed by atoms with Crippen LogP contribution in [0.4, 0.5) is 3.89 Å². The van der Waals surface area contributed by atoms with Crippen LogP contribution < -0.4 is 0 Å². The van der Waals surface area contributed by atoms with Crippen LogP contribution in [0.1, 0.15) is 0 Å². The van der Waals surface area contributed by atoms with Gasteiger partial charge in [-0.2, -0.15) is 8.42 Å². The van der Waals surface area contributed by atoms with E-state index in [9.17, 15) is 12.3 Å². The first-order valence-corrected chi connectivity index (χ1v) is 6.36. The summed E-state index contributed by atoms with van der Waals surface area (Å²) in [6.45, 7) is 0. The molecule has 0 rings (SSSR count). The Labute approximate surface area is 65.3 Å². The first-order chi connectivity index (χ1) is 4.93. The van der Waals surface area contributed by atoms with E-state index in [2.05, 4.69) is 13.3 Å². The molecule has 11 heavy (non-hydrogen) atoms. The van der Waals surface area contributed by atoms with E-state index in [0.717, 1.165) is 21.3 Å². The lowest BCUT2D eigenvalue weighted by Gasteiger charge is -2.18. The van der Waals surface area contributed by atoms with Crippen molar-refractivity contribution in [1.82, 2.24) is 0 Å². The molecule has 0 bridgehead atoms. The fourth-order valence-electron chi connectivity index (χ4n) is 0.549. The minimum atomic E-state index is -4.90. The highest BCUT2D eigenvalue weighted by Gasteiger charge is 2.56. The summed E-state index contributed by atoms with van der Waals surface area (Å²) in [5.41, 5.74) is 0. The predicted octanol–water partition coefficient (Wildman–Crippen LogP) is -0.339. The van der Waals surface area contributed by atoms with Gasteiger partial charge in [0.15, 0.2) is 0 Å². The fourth-order valence-corrected chi connectivity index (χ4v) is 3.44.